The van der Waals surface area contributed by atoms with E-state index in [1.807, 2.05) is 58.9 Å². The van der Waals surface area contributed by atoms with Gasteiger partial charge in [0.05, 0.1) is 19.2 Å². The predicted octanol–water partition coefficient (Wildman–Crippen LogP) is 4.54. The highest BCUT2D eigenvalue weighted by molar-refractivity contribution is 6.01. The molecule has 0 saturated carbocycles. The highest BCUT2D eigenvalue weighted by atomic mass is 19.4. The first-order valence-electron chi connectivity index (χ1n) is 11.1. The minimum Gasteiger partial charge on any atom is -0.497 e. The molecule has 200 valence electrons. The van der Waals surface area contributed by atoms with E-state index >= 15 is 0 Å². The van der Waals surface area contributed by atoms with Gasteiger partial charge in [0.15, 0.2) is 0 Å². The van der Waals surface area contributed by atoms with Crippen LogP contribution in [0, 0.1) is 0 Å². The molecule has 12 heteroatoms. The first kappa shape index (κ1) is 30.3. The summed E-state index contributed by atoms with van der Waals surface area (Å²) in [6.07, 6.45) is -4.56. The summed E-state index contributed by atoms with van der Waals surface area (Å²) in [7, 11) is 1.62. The molecule has 0 aliphatic rings. The van der Waals surface area contributed by atoms with Crippen LogP contribution in [0.25, 0.3) is 0 Å². The van der Waals surface area contributed by atoms with Crippen molar-refractivity contribution in [2.45, 2.75) is 59.4 Å². The number of aromatic amines is 1. The Morgan fingerprint density at radius 3 is 2.03 bits per heavy atom. The number of halogens is 3. The Balaban J connectivity index is 0.000000809. The number of nitrogens with one attached hydrogen (secondary N) is 3. The Labute approximate surface area is 207 Å². The Morgan fingerprint density at radius 2 is 1.61 bits per heavy atom. The van der Waals surface area contributed by atoms with Gasteiger partial charge in [0, 0.05) is 17.9 Å². The van der Waals surface area contributed by atoms with Crippen molar-refractivity contribution in [3.63, 3.8) is 0 Å². The Bertz CT molecular complexity index is 1040. The van der Waals surface area contributed by atoms with Crippen molar-refractivity contribution in [2.24, 2.45) is 0 Å². The molecule has 1 aromatic carbocycles. The smallest absolute Gasteiger partial charge is 0.490 e. The molecule has 0 fully saturated rings. The molecule has 0 radical (unpaired) electrons. The van der Waals surface area contributed by atoms with E-state index < -0.39 is 23.7 Å². The van der Waals surface area contributed by atoms with Gasteiger partial charge >= 0.3 is 18.1 Å². The van der Waals surface area contributed by atoms with Crippen LogP contribution in [0.2, 0.25) is 0 Å². The maximum atomic E-state index is 12.7. The fourth-order valence-corrected chi connectivity index (χ4v) is 3.01. The molecular formula is C24H32F3N3O6. The molecule has 0 aliphatic carbocycles. The molecule has 0 bridgehead atoms. The number of rotatable bonds is 8. The largest absolute Gasteiger partial charge is 0.497 e. The van der Waals surface area contributed by atoms with Crippen LogP contribution in [0.5, 0.6) is 5.75 Å². The number of esters is 1. The minimum atomic E-state index is -5.08. The van der Waals surface area contributed by atoms with Crippen LogP contribution in [0.3, 0.4) is 0 Å². The number of aliphatic carboxylic acids is 1. The molecule has 0 spiro atoms. The number of carboxylic acid groups (broad SMARTS) is 1. The highest BCUT2D eigenvalue weighted by Crippen LogP contribution is 2.24. The quantitative estimate of drug-likeness (QED) is 0.380. The van der Waals surface area contributed by atoms with Gasteiger partial charge in [-0.1, -0.05) is 6.92 Å². The molecule has 36 heavy (non-hydrogen) atoms. The number of carbonyl (C=O) groups is 3. The van der Waals surface area contributed by atoms with Crippen LogP contribution in [0.4, 0.5) is 18.9 Å². The topological polar surface area (TPSA) is 130 Å². The first-order chi connectivity index (χ1) is 16.6. The minimum absolute atomic E-state index is 0.207. The van der Waals surface area contributed by atoms with Crippen LogP contribution < -0.4 is 15.4 Å². The number of aromatic nitrogens is 1. The molecule has 1 heterocycles. The number of H-pyrrole nitrogens is 1. The number of carbonyl (C=O) groups excluding carboxylic acids is 2. The van der Waals surface area contributed by atoms with Crippen LogP contribution in [0.15, 0.2) is 24.3 Å². The van der Waals surface area contributed by atoms with Crippen molar-refractivity contribution in [2.75, 3.05) is 19.0 Å². The fraction of sp³-hybridized carbons (Fsp3) is 0.458. The molecule has 0 saturated heterocycles. The van der Waals surface area contributed by atoms with Crippen LogP contribution in [0.1, 0.15) is 66.7 Å². The monoisotopic (exact) mass is 515 g/mol. The fourth-order valence-electron chi connectivity index (χ4n) is 3.01. The summed E-state index contributed by atoms with van der Waals surface area (Å²) >= 11 is 0. The summed E-state index contributed by atoms with van der Waals surface area (Å²) in [6.45, 7) is 10.1. The Kier molecular flexibility index (Phi) is 10.8. The molecule has 9 nitrogen and oxygen atoms in total. The second-order valence-electron chi connectivity index (χ2n) is 8.43. The molecule has 1 aromatic heterocycles. The number of hydrogen-bond acceptors (Lipinski definition) is 6. The van der Waals surface area contributed by atoms with Gasteiger partial charge in [-0.25, -0.2) is 9.59 Å². The highest BCUT2D eigenvalue weighted by Gasteiger charge is 2.38. The zero-order valence-corrected chi connectivity index (χ0v) is 21.1. The molecule has 0 unspecified atom stereocenters. The predicted molar refractivity (Wildman–Crippen MR) is 127 cm³/mol. The van der Waals surface area contributed by atoms with Crippen LogP contribution >= 0.6 is 0 Å². The summed E-state index contributed by atoms with van der Waals surface area (Å²) < 4.78 is 42.4. The standard InChI is InChI=1S/C22H31N3O4.C2HF3O2/c1-7-16-18(20(26)23-8-2)17(25-19(16)21(27)29-22(3,4)5)13-24-14-9-11-15(28-6)12-10-14;3-2(4,5)1(6)7/h9-12,24-25H,7-8,13H2,1-6H3,(H,23,26);(H,6,7). The van der Waals surface area contributed by atoms with Crippen molar-refractivity contribution >= 4 is 23.5 Å². The van der Waals surface area contributed by atoms with E-state index in [2.05, 4.69) is 15.6 Å². The van der Waals surface area contributed by atoms with Gasteiger partial charge in [0.2, 0.25) is 0 Å². The summed E-state index contributed by atoms with van der Waals surface area (Å²) in [5.74, 6) is -2.66. The number of carboxylic acids is 1. The number of amides is 1. The zero-order chi connectivity index (χ0) is 27.7. The van der Waals surface area contributed by atoms with Crippen LogP contribution in [-0.2, 0) is 22.5 Å². The average Bonchev–Trinajstić information content (AvgIpc) is 3.15. The van der Waals surface area contributed by atoms with E-state index in [1.165, 1.54) is 0 Å². The second kappa shape index (κ2) is 12.8. The summed E-state index contributed by atoms with van der Waals surface area (Å²) in [6, 6.07) is 7.49. The van der Waals surface area contributed by atoms with E-state index in [-0.39, 0.29) is 5.91 Å². The third-order valence-corrected chi connectivity index (χ3v) is 4.50. The third kappa shape index (κ3) is 9.16. The number of benzene rings is 1. The number of anilines is 1. The number of alkyl halides is 3. The van der Waals surface area contributed by atoms with Crippen molar-refractivity contribution < 1.29 is 42.1 Å². The van der Waals surface area contributed by atoms with Crippen molar-refractivity contribution in [1.29, 1.82) is 0 Å². The number of hydrogen-bond donors (Lipinski definition) is 4. The summed E-state index contributed by atoms with van der Waals surface area (Å²) in [5.41, 5.74) is 2.38. The van der Waals surface area contributed by atoms with Gasteiger partial charge < -0.3 is 30.2 Å². The van der Waals surface area contributed by atoms with Crippen molar-refractivity contribution in [3.05, 3.63) is 46.8 Å². The average molecular weight is 516 g/mol. The molecule has 2 aromatic rings. The van der Waals surface area contributed by atoms with E-state index in [4.69, 9.17) is 19.4 Å². The lowest BCUT2D eigenvalue weighted by atomic mass is 10.0. The summed E-state index contributed by atoms with van der Waals surface area (Å²) in [5, 5.41) is 13.2. The van der Waals surface area contributed by atoms with Crippen molar-refractivity contribution in [1.82, 2.24) is 10.3 Å². The molecule has 0 aliphatic heterocycles. The van der Waals surface area contributed by atoms with E-state index in [0.29, 0.717) is 42.0 Å². The maximum absolute atomic E-state index is 12.7. The van der Waals surface area contributed by atoms with Gasteiger partial charge in [0.25, 0.3) is 5.91 Å². The van der Waals surface area contributed by atoms with Crippen LogP contribution in [-0.4, -0.2) is 53.4 Å². The molecule has 0 atom stereocenters. The lowest BCUT2D eigenvalue weighted by Crippen LogP contribution is -2.26. The maximum Gasteiger partial charge on any atom is 0.490 e. The van der Waals surface area contributed by atoms with E-state index in [1.54, 1.807) is 7.11 Å². The van der Waals surface area contributed by atoms with E-state index in [9.17, 15) is 22.8 Å². The molecule has 2 rings (SSSR count). The Hall–Kier alpha value is -3.70. The lowest BCUT2D eigenvalue weighted by Gasteiger charge is -2.19. The van der Waals surface area contributed by atoms with Gasteiger partial charge in [-0.15, -0.1) is 0 Å². The van der Waals surface area contributed by atoms with E-state index in [0.717, 1.165) is 11.4 Å². The first-order valence-corrected chi connectivity index (χ1v) is 11.1. The SMILES string of the molecule is CCNC(=O)c1c(CNc2ccc(OC)cc2)[nH]c(C(=O)OC(C)(C)C)c1CC.O=C(O)C(F)(F)F. The van der Waals surface area contributed by atoms with Crippen molar-refractivity contribution in [3.8, 4) is 5.75 Å². The molecule has 4 N–H and O–H groups in total. The molecule has 1 amide bonds. The normalized spacial score (nSPS) is 11.1. The van der Waals surface area contributed by atoms with Gasteiger partial charge in [-0.2, -0.15) is 13.2 Å². The number of methoxy groups -OCH3 is 1. The number of ether oxygens (including phenoxy) is 2. The second-order valence-corrected chi connectivity index (χ2v) is 8.43. The third-order valence-electron chi connectivity index (χ3n) is 4.50. The molecular weight excluding hydrogens is 483 g/mol. The van der Waals surface area contributed by atoms with Gasteiger partial charge in [0.1, 0.15) is 17.0 Å². The Morgan fingerprint density at radius 1 is 1.06 bits per heavy atom. The zero-order valence-electron chi connectivity index (χ0n) is 21.1. The van der Waals surface area contributed by atoms with Gasteiger partial charge in [-0.3, -0.25) is 4.79 Å². The lowest BCUT2D eigenvalue weighted by molar-refractivity contribution is -0.192. The van der Waals surface area contributed by atoms with Gasteiger partial charge in [-0.05, 0) is 63.9 Å². The summed E-state index contributed by atoms with van der Waals surface area (Å²) in [4.78, 5) is 37.5.